The van der Waals surface area contributed by atoms with E-state index in [2.05, 4.69) is 11.4 Å². The lowest BCUT2D eigenvalue weighted by Gasteiger charge is -2.29. The number of aliphatic hydroxyl groups excluding tert-OH is 1. The van der Waals surface area contributed by atoms with Crippen LogP contribution in [-0.4, -0.2) is 30.8 Å². The van der Waals surface area contributed by atoms with Crippen LogP contribution >= 0.6 is 0 Å². The first kappa shape index (κ1) is 17.7. The summed E-state index contributed by atoms with van der Waals surface area (Å²) in [6, 6.07) is 12.4. The maximum Gasteiger partial charge on any atom is 0.227 e. The van der Waals surface area contributed by atoms with Crippen molar-refractivity contribution in [2.45, 2.75) is 44.6 Å². The van der Waals surface area contributed by atoms with Crippen LogP contribution in [0.25, 0.3) is 10.8 Å². The second-order valence-electron chi connectivity index (χ2n) is 7.10. The molecule has 4 heteroatoms. The Hall–Kier alpha value is -2.07. The molecule has 1 aliphatic carbocycles. The summed E-state index contributed by atoms with van der Waals surface area (Å²) in [6.45, 7) is 2.22. The fraction of sp³-hybridized carbons (Fsp3) is 0.476. The number of nitrogens with one attached hydrogen (secondary N) is 1. The molecule has 25 heavy (non-hydrogen) atoms. The van der Waals surface area contributed by atoms with Gasteiger partial charge in [0.05, 0.1) is 13.0 Å². The molecule has 1 amide bonds. The summed E-state index contributed by atoms with van der Waals surface area (Å²) in [5.74, 6) is 1.15. The molecule has 0 radical (unpaired) electrons. The SMILES string of the molecule is COc1ccc2cc([C@H](C)C(=O)NC3CCC(CO)CC3)ccc2c1. The van der Waals surface area contributed by atoms with Crippen molar-refractivity contribution in [2.75, 3.05) is 13.7 Å². The Kier molecular flexibility index (Phi) is 5.59. The Bertz CT molecular complexity index is 735. The predicted molar refractivity (Wildman–Crippen MR) is 99.9 cm³/mol. The van der Waals surface area contributed by atoms with E-state index in [0.29, 0.717) is 5.92 Å². The molecular weight excluding hydrogens is 314 g/mol. The van der Waals surface area contributed by atoms with Gasteiger partial charge < -0.3 is 15.2 Å². The van der Waals surface area contributed by atoms with Gasteiger partial charge in [-0.15, -0.1) is 0 Å². The number of methoxy groups -OCH3 is 1. The molecule has 0 bridgehead atoms. The van der Waals surface area contributed by atoms with E-state index in [4.69, 9.17) is 4.74 Å². The van der Waals surface area contributed by atoms with Crippen LogP contribution in [0.1, 0.15) is 44.1 Å². The molecular formula is C21H27NO3. The summed E-state index contributed by atoms with van der Waals surface area (Å²) in [5, 5.41) is 14.6. The zero-order valence-electron chi connectivity index (χ0n) is 15.0. The minimum Gasteiger partial charge on any atom is -0.497 e. The Labute approximate surface area is 149 Å². The van der Waals surface area contributed by atoms with Crippen molar-refractivity contribution in [3.05, 3.63) is 42.0 Å². The zero-order chi connectivity index (χ0) is 17.8. The summed E-state index contributed by atoms with van der Waals surface area (Å²) in [7, 11) is 1.66. The predicted octanol–water partition coefficient (Wildman–Crippen LogP) is 3.62. The van der Waals surface area contributed by atoms with Crippen LogP contribution in [0, 0.1) is 5.92 Å². The number of rotatable bonds is 5. The molecule has 2 aromatic carbocycles. The molecule has 1 aliphatic rings. The Balaban J connectivity index is 1.66. The van der Waals surface area contributed by atoms with Gasteiger partial charge in [-0.05, 0) is 67.0 Å². The zero-order valence-corrected chi connectivity index (χ0v) is 15.0. The maximum absolute atomic E-state index is 12.6. The van der Waals surface area contributed by atoms with E-state index in [1.165, 1.54) is 0 Å². The molecule has 0 heterocycles. The Morgan fingerprint density at radius 3 is 2.52 bits per heavy atom. The summed E-state index contributed by atoms with van der Waals surface area (Å²) in [4.78, 5) is 12.6. The smallest absolute Gasteiger partial charge is 0.227 e. The average molecular weight is 341 g/mol. The standard InChI is InChI=1S/C21H27NO3/c1-14(21(24)22-19-8-3-15(13-23)4-9-19)16-5-6-18-12-20(25-2)10-7-17(18)11-16/h5-7,10-12,14-15,19,23H,3-4,8-9,13H2,1-2H3,(H,22,24)/t14-,15?,19?/m0/s1. The van der Waals surface area contributed by atoms with Crippen molar-refractivity contribution in [1.29, 1.82) is 0 Å². The number of carbonyl (C=O) groups excluding carboxylic acids is 1. The van der Waals surface area contributed by atoms with Gasteiger partial charge in [0.25, 0.3) is 0 Å². The van der Waals surface area contributed by atoms with E-state index in [9.17, 15) is 9.90 Å². The van der Waals surface area contributed by atoms with E-state index in [-0.39, 0.29) is 24.5 Å². The molecule has 0 aromatic heterocycles. The Morgan fingerprint density at radius 2 is 1.84 bits per heavy atom. The van der Waals surface area contributed by atoms with E-state index < -0.39 is 0 Å². The van der Waals surface area contributed by atoms with Crippen molar-refractivity contribution in [3.63, 3.8) is 0 Å². The highest BCUT2D eigenvalue weighted by Crippen LogP contribution is 2.27. The van der Waals surface area contributed by atoms with Crippen molar-refractivity contribution in [3.8, 4) is 5.75 Å². The monoisotopic (exact) mass is 341 g/mol. The molecule has 1 saturated carbocycles. The molecule has 4 nitrogen and oxygen atoms in total. The van der Waals surface area contributed by atoms with Gasteiger partial charge in [-0.25, -0.2) is 0 Å². The molecule has 1 atom stereocenters. The van der Waals surface area contributed by atoms with Gasteiger partial charge in [0, 0.05) is 12.6 Å². The summed E-state index contributed by atoms with van der Waals surface area (Å²) in [6.07, 6.45) is 3.91. The lowest BCUT2D eigenvalue weighted by molar-refractivity contribution is -0.123. The number of ether oxygens (including phenoxy) is 1. The summed E-state index contributed by atoms with van der Waals surface area (Å²) in [5.41, 5.74) is 1.03. The van der Waals surface area contributed by atoms with Crippen LogP contribution in [-0.2, 0) is 4.79 Å². The molecule has 0 spiro atoms. The molecule has 134 valence electrons. The van der Waals surface area contributed by atoms with Crippen LogP contribution in [0.3, 0.4) is 0 Å². The van der Waals surface area contributed by atoms with Gasteiger partial charge in [0.2, 0.25) is 5.91 Å². The van der Waals surface area contributed by atoms with Crippen LogP contribution in [0.2, 0.25) is 0 Å². The first-order chi connectivity index (χ1) is 12.1. The quantitative estimate of drug-likeness (QED) is 0.873. The molecule has 2 N–H and O–H groups in total. The number of hydrogen-bond donors (Lipinski definition) is 2. The summed E-state index contributed by atoms with van der Waals surface area (Å²) < 4.78 is 5.26. The van der Waals surface area contributed by atoms with Crippen LogP contribution in [0.5, 0.6) is 5.75 Å². The normalized spacial score (nSPS) is 21.7. The highest BCUT2D eigenvalue weighted by molar-refractivity contribution is 5.88. The van der Waals surface area contributed by atoms with Crippen molar-refractivity contribution >= 4 is 16.7 Å². The fourth-order valence-corrected chi connectivity index (χ4v) is 3.61. The van der Waals surface area contributed by atoms with Gasteiger partial charge in [0.1, 0.15) is 5.75 Å². The molecule has 1 fully saturated rings. The third kappa shape index (κ3) is 4.13. The minimum atomic E-state index is -0.179. The van der Waals surface area contributed by atoms with E-state index >= 15 is 0 Å². The first-order valence-corrected chi connectivity index (χ1v) is 9.09. The number of hydrogen-bond acceptors (Lipinski definition) is 3. The summed E-state index contributed by atoms with van der Waals surface area (Å²) >= 11 is 0. The van der Waals surface area contributed by atoms with Gasteiger partial charge in [-0.1, -0.05) is 24.3 Å². The van der Waals surface area contributed by atoms with E-state index in [0.717, 1.165) is 47.8 Å². The van der Waals surface area contributed by atoms with Gasteiger partial charge in [-0.3, -0.25) is 4.79 Å². The highest BCUT2D eigenvalue weighted by atomic mass is 16.5. The van der Waals surface area contributed by atoms with Crippen molar-refractivity contribution in [2.24, 2.45) is 5.92 Å². The lowest BCUT2D eigenvalue weighted by atomic mass is 9.86. The highest BCUT2D eigenvalue weighted by Gasteiger charge is 2.24. The number of carbonyl (C=O) groups is 1. The molecule has 3 rings (SSSR count). The largest absolute Gasteiger partial charge is 0.497 e. The maximum atomic E-state index is 12.6. The number of benzene rings is 2. The van der Waals surface area contributed by atoms with Gasteiger partial charge in [0.15, 0.2) is 0 Å². The van der Waals surface area contributed by atoms with E-state index in [1.54, 1.807) is 7.11 Å². The van der Waals surface area contributed by atoms with Crippen LogP contribution in [0.15, 0.2) is 36.4 Å². The molecule has 0 aliphatic heterocycles. The second kappa shape index (κ2) is 7.87. The number of amides is 1. The van der Waals surface area contributed by atoms with Gasteiger partial charge >= 0.3 is 0 Å². The minimum absolute atomic E-state index is 0.0836. The Morgan fingerprint density at radius 1 is 1.16 bits per heavy atom. The molecule has 2 aromatic rings. The number of fused-ring (bicyclic) bond motifs is 1. The van der Waals surface area contributed by atoms with Gasteiger partial charge in [-0.2, -0.15) is 0 Å². The second-order valence-corrected chi connectivity index (χ2v) is 7.10. The van der Waals surface area contributed by atoms with Crippen LogP contribution in [0.4, 0.5) is 0 Å². The fourth-order valence-electron chi connectivity index (χ4n) is 3.61. The van der Waals surface area contributed by atoms with E-state index in [1.807, 2.05) is 37.3 Å². The van der Waals surface area contributed by atoms with Crippen molar-refractivity contribution < 1.29 is 14.6 Å². The molecule has 0 saturated heterocycles. The first-order valence-electron chi connectivity index (χ1n) is 9.09. The number of aliphatic hydroxyl groups is 1. The third-order valence-electron chi connectivity index (χ3n) is 5.42. The topological polar surface area (TPSA) is 58.6 Å². The van der Waals surface area contributed by atoms with Crippen molar-refractivity contribution in [1.82, 2.24) is 5.32 Å². The van der Waals surface area contributed by atoms with Crippen LogP contribution < -0.4 is 10.1 Å². The molecule has 0 unspecified atom stereocenters. The lowest BCUT2D eigenvalue weighted by Crippen LogP contribution is -2.40. The third-order valence-corrected chi connectivity index (χ3v) is 5.42. The average Bonchev–Trinajstić information content (AvgIpc) is 2.67.